The van der Waals surface area contributed by atoms with Gasteiger partial charge in [-0.1, -0.05) is 12.8 Å². The van der Waals surface area contributed by atoms with Crippen molar-refractivity contribution in [3.05, 3.63) is 24.2 Å². The van der Waals surface area contributed by atoms with Crippen LogP contribution in [0.15, 0.2) is 23.0 Å². The molecule has 2 unspecified atom stereocenters. The van der Waals surface area contributed by atoms with Crippen LogP contribution in [0.1, 0.15) is 50.1 Å². The third-order valence-electron chi connectivity index (χ3n) is 4.48. The molecule has 0 radical (unpaired) electrons. The van der Waals surface area contributed by atoms with E-state index in [1.54, 1.807) is 12.5 Å². The molecule has 1 aromatic rings. The highest BCUT2D eigenvalue weighted by Gasteiger charge is 2.41. The molecule has 2 aliphatic rings. The molecule has 1 aromatic heterocycles. The van der Waals surface area contributed by atoms with E-state index in [0.29, 0.717) is 5.92 Å². The lowest BCUT2D eigenvalue weighted by atomic mass is 9.79. The largest absolute Gasteiger partial charge is 0.472 e. The predicted octanol–water partition coefficient (Wildman–Crippen LogP) is 3.02. The minimum atomic E-state index is 0.107. The maximum absolute atomic E-state index is 6.35. The summed E-state index contributed by atoms with van der Waals surface area (Å²) < 4.78 is 11.2. The van der Waals surface area contributed by atoms with E-state index in [9.17, 15) is 0 Å². The van der Waals surface area contributed by atoms with Crippen LogP contribution in [0.25, 0.3) is 0 Å². The van der Waals surface area contributed by atoms with Crippen molar-refractivity contribution >= 4 is 0 Å². The molecule has 0 amide bonds. The molecule has 2 heterocycles. The monoisotopic (exact) mass is 235 g/mol. The highest BCUT2D eigenvalue weighted by molar-refractivity contribution is 5.13. The lowest BCUT2D eigenvalue weighted by molar-refractivity contribution is -0.0964. The summed E-state index contributed by atoms with van der Waals surface area (Å²) in [4.78, 5) is 0. The van der Waals surface area contributed by atoms with Crippen molar-refractivity contribution in [3.63, 3.8) is 0 Å². The van der Waals surface area contributed by atoms with Crippen LogP contribution in [-0.4, -0.2) is 12.2 Å². The average Bonchev–Trinajstić information content (AvgIpc) is 3.00. The van der Waals surface area contributed by atoms with Gasteiger partial charge in [0.25, 0.3) is 0 Å². The highest BCUT2D eigenvalue weighted by Crippen LogP contribution is 2.44. The smallest absolute Gasteiger partial charge is 0.0950 e. The van der Waals surface area contributed by atoms with Gasteiger partial charge in [0.05, 0.1) is 18.1 Å². The summed E-state index contributed by atoms with van der Waals surface area (Å²) in [5.41, 5.74) is 7.64. The summed E-state index contributed by atoms with van der Waals surface area (Å²) >= 11 is 0. The molecule has 1 aliphatic carbocycles. The second-order valence-corrected chi connectivity index (χ2v) is 5.57. The van der Waals surface area contributed by atoms with Crippen molar-refractivity contribution in [1.29, 1.82) is 0 Å². The van der Waals surface area contributed by atoms with E-state index >= 15 is 0 Å². The molecule has 0 bridgehead atoms. The Hall–Kier alpha value is -0.800. The normalized spacial score (nSPS) is 29.6. The maximum atomic E-state index is 6.35. The first-order chi connectivity index (χ1) is 8.29. The van der Waals surface area contributed by atoms with Crippen molar-refractivity contribution in [2.75, 3.05) is 6.61 Å². The number of rotatable bonds is 2. The number of hydrogen-bond donors (Lipinski definition) is 1. The van der Waals surface area contributed by atoms with Gasteiger partial charge >= 0.3 is 0 Å². The first-order valence-corrected chi connectivity index (χ1v) is 6.71. The lowest BCUT2D eigenvalue weighted by Crippen LogP contribution is -2.40. The number of nitrogens with two attached hydrogens (primary N) is 1. The topological polar surface area (TPSA) is 48.4 Å². The van der Waals surface area contributed by atoms with Crippen molar-refractivity contribution in [2.24, 2.45) is 11.7 Å². The van der Waals surface area contributed by atoms with Crippen LogP contribution in [0, 0.1) is 5.92 Å². The van der Waals surface area contributed by atoms with Crippen LogP contribution in [-0.2, 0) is 4.74 Å². The van der Waals surface area contributed by atoms with Gasteiger partial charge in [-0.2, -0.15) is 0 Å². The molecular weight excluding hydrogens is 214 g/mol. The minimum Gasteiger partial charge on any atom is -0.472 e. The highest BCUT2D eigenvalue weighted by atomic mass is 16.5. The molecule has 2 atom stereocenters. The van der Waals surface area contributed by atoms with Gasteiger partial charge in [-0.15, -0.1) is 0 Å². The van der Waals surface area contributed by atoms with Crippen LogP contribution >= 0.6 is 0 Å². The molecule has 1 spiro atoms. The molecule has 2 fully saturated rings. The van der Waals surface area contributed by atoms with E-state index in [0.717, 1.165) is 25.0 Å². The molecule has 1 aliphatic heterocycles. The molecule has 17 heavy (non-hydrogen) atoms. The molecule has 3 heteroatoms. The second kappa shape index (κ2) is 4.46. The number of hydrogen-bond acceptors (Lipinski definition) is 3. The molecule has 1 saturated heterocycles. The average molecular weight is 235 g/mol. The Kier molecular flexibility index (Phi) is 2.97. The summed E-state index contributed by atoms with van der Waals surface area (Å²) in [6.07, 6.45) is 10.8. The molecule has 94 valence electrons. The number of furan rings is 1. The van der Waals surface area contributed by atoms with Gasteiger partial charge in [-0.05, 0) is 37.7 Å². The Balaban J connectivity index is 1.71. The molecule has 2 N–H and O–H groups in total. The van der Waals surface area contributed by atoms with Crippen LogP contribution in [0.5, 0.6) is 0 Å². The predicted molar refractivity (Wildman–Crippen MR) is 65.5 cm³/mol. The van der Waals surface area contributed by atoms with Crippen molar-refractivity contribution in [3.8, 4) is 0 Å². The van der Waals surface area contributed by atoms with Crippen LogP contribution < -0.4 is 5.73 Å². The van der Waals surface area contributed by atoms with Gasteiger partial charge in [0, 0.05) is 18.2 Å². The van der Waals surface area contributed by atoms with E-state index < -0.39 is 0 Å². The van der Waals surface area contributed by atoms with E-state index in [2.05, 4.69) is 0 Å². The zero-order valence-electron chi connectivity index (χ0n) is 10.2. The van der Waals surface area contributed by atoms with Crippen LogP contribution in [0.3, 0.4) is 0 Å². The van der Waals surface area contributed by atoms with E-state index in [1.807, 2.05) is 6.07 Å². The Morgan fingerprint density at radius 1 is 1.35 bits per heavy atom. The quantitative estimate of drug-likeness (QED) is 0.857. The van der Waals surface area contributed by atoms with Crippen molar-refractivity contribution in [1.82, 2.24) is 0 Å². The third kappa shape index (κ3) is 2.14. The molecule has 0 aromatic carbocycles. The fraction of sp³-hybridized carbons (Fsp3) is 0.714. The van der Waals surface area contributed by atoms with Gasteiger partial charge in [0.15, 0.2) is 0 Å². The van der Waals surface area contributed by atoms with Gasteiger partial charge in [0.2, 0.25) is 0 Å². The Morgan fingerprint density at radius 2 is 2.18 bits per heavy atom. The van der Waals surface area contributed by atoms with Gasteiger partial charge in [-0.3, -0.25) is 0 Å². The summed E-state index contributed by atoms with van der Waals surface area (Å²) in [6, 6.07) is 2.09. The van der Waals surface area contributed by atoms with Gasteiger partial charge in [-0.25, -0.2) is 0 Å². The lowest BCUT2D eigenvalue weighted by Gasteiger charge is -2.40. The summed E-state index contributed by atoms with van der Waals surface area (Å²) in [5, 5.41) is 0. The summed E-state index contributed by atoms with van der Waals surface area (Å²) in [7, 11) is 0. The Labute approximate surface area is 102 Å². The number of ether oxygens (including phenoxy) is 1. The second-order valence-electron chi connectivity index (χ2n) is 5.57. The molecule has 1 saturated carbocycles. The van der Waals surface area contributed by atoms with E-state index in [1.165, 1.54) is 25.7 Å². The van der Waals surface area contributed by atoms with E-state index in [4.69, 9.17) is 14.9 Å². The van der Waals surface area contributed by atoms with Gasteiger partial charge < -0.3 is 14.9 Å². The van der Waals surface area contributed by atoms with E-state index in [-0.39, 0.29) is 11.6 Å². The Morgan fingerprint density at radius 3 is 2.88 bits per heavy atom. The minimum absolute atomic E-state index is 0.107. The SMILES string of the molecule is NC(c1ccoc1)C1CCOC2(CCCC2)C1. The molecule has 3 rings (SSSR count). The zero-order valence-corrected chi connectivity index (χ0v) is 10.2. The summed E-state index contributed by atoms with van der Waals surface area (Å²) in [5.74, 6) is 0.541. The Bertz CT molecular complexity index is 354. The standard InChI is InChI=1S/C14H21NO2/c15-13(12-3-7-16-10-12)11-4-8-17-14(9-11)5-1-2-6-14/h3,7,10-11,13H,1-2,4-6,8-9,15H2. The summed E-state index contributed by atoms with van der Waals surface area (Å²) in [6.45, 7) is 0.871. The fourth-order valence-corrected chi connectivity index (χ4v) is 3.48. The maximum Gasteiger partial charge on any atom is 0.0950 e. The van der Waals surface area contributed by atoms with Gasteiger partial charge in [0.1, 0.15) is 0 Å². The zero-order chi connectivity index (χ0) is 11.7. The fourth-order valence-electron chi connectivity index (χ4n) is 3.48. The molecule has 3 nitrogen and oxygen atoms in total. The van der Waals surface area contributed by atoms with Crippen LogP contribution in [0.4, 0.5) is 0 Å². The van der Waals surface area contributed by atoms with Crippen LogP contribution in [0.2, 0.25) is 0 Å². The molecular formula is C14H21NO2. The third-order valence-corrected chi connectivity index (χ3v) is 4.48. The first-order valence-electron chi connectivity index (χ1n) is 6.71. The first kappa shape index (κ1) is 11.3. The van der Waals surface area contributed by atoms with Crippen molar-refractivity contribution in [2.45, 2.75) is 50.2 Å². The van der Waals surface area contributed by atoms with Crippen molar-refractivity contribution < 1.29 is 9.15 Å².